The summed E-state index contributed by atoms with van der Waals surface area (Å²) in [4.78, 5) is 22.6. The van der Waals surface area contributed by atoms with Gasteiger partial charge in [-0.3, -0.25) is 9.59 Å². The molecule has 5 nitrogen and oxygen atoms in total. The van der Waals surface area contributed by atoms with Crippen LogP contribution < -0.4 is 5.32 Å². The number of ether oxygens (including phenoxy) is 1. The fourth-order valence-electron chi connectivity index (χ4n) is 1.79. The summed E-state index contributed by atoms with van der Waals surface area (Å²) in [6, 6.07) is 7.35. The molecule has 0 aliphatic heterocycles. The van der Waals surface area contributed by atoms with Crippen LogP contribution in [0.5, 0.6) is 0 Å². The van der Waals surface area contributed by atoms with E-state index < -0.39 is 12.1 Å². The van der Waals surface area contributed by atoms with Crippen LogP contribution in [0.15, 0.2) is 24.3 Å². The van der Waals surface area contributed by atoms with Crippen LogP contribution in [0, 0.1) is 0 Å². The van der Waals surface area contributed by atoms with Crippen molar-refractivity contribution in [1.82, 2.24) is 5.32 Å². The van der Waals surface area contributed by atoms with Crippen LogP contribution >= 0.6 is 0 Å². The first-order valence-corrected chi connectivity index (χ1v) is 6.19. The van der Waals surface area contributed by atoms with Crippen LogP contribution in [-0.4, -0.2) is 36.7 Å². The Morgan fingerprint density at radius 1 is 1.37 bits per heavy atom. The lowest BCUT2D eigenvalue weighted by molar-refractivity contribution is -0.139. The molecule has 0 aliphatic carbocycles. The van der Waals surface area contributed by atoms with Crippen molar-refractivity contribution in [2.24, 2.45) is 0 Å². The van der Waals surface area contributed by atoms with Crippen molar-refractivity contribution in [1.29, 1.82) is 0 Å². The lowest BCUT2D eigenvalue weighted by Gasteiger charge is -2.15. The number of hydrogen-bond donors (Lipinski definition) is 2. The highest BCUT2D eigenvalue weighted by molar-refractivity contribution is 5.95. The quantitative estimate of drug-likeness (QED) is 0.782. The van der Waals surface area contributed by atoms with Gasteiger partial charge in [-0.15, -0.1) is 0 Å². The third-order valence-corrected chi connectivity index (χ3v) is 2.87. The van der Waals surface area contributed by atoms with Crippen LogP contribution in [0.3, 0.4) is 0 Å². The predicted molar refractivity (Wildman–Crippen MR) is 71.2 cm³/mol. The highest BCUT2D eigenvalue weighted by Crippen LogP contribution is 2.09. The normalized spacial score (nSPS) is 11.9. The van der Waals surface area contributed by atoms with Gasteiger partial charge in [0.2, 0.25) is 0 Å². The Balaban J connectivity index is 2.61. The molecule has 1 rings (SSSR count). The van der Waals surface area contributed by atoms with Crippen LogP contribution in [0.2, 0.25) is 0 Å². The van der Waals surface area contributed by atoms with Gasteiger partial charge >= 0.3 is 5.97 Å². The second-order valence-corrected chi connectivity index (χ2v) is 4.18. The molecule has 1 unspecified atom stereocenters. The summed E-state index contributed by atoms with van der Waals surface area (Å²) in [5, 5.41) is 11.4. The fourth-order valence-corrected chi connectivity index (χ4v) is 1.79. The van der Waals surface area contributed by atoms with E-state index in [4.69, 9.17) is 9.84 Å². The number of carbonyl (C=O) groups is 2. The Kier molecular flexibility index (Phi) is 6.02. The van der Waals surface area contributed by atoms with E-state index in [1.807, 2.05) is 19.1 Å². The van der Waals surface area contributed by atoms with E-state index in [1.165, 1.54) is 7.11 Å². The average molecular weight is 265 g/mol. The number of nitrogens with one attached hydrogen (secondary N) is 1. The van der Waals surface area contributed by atoms with Crippen molar-refractivity contribution in [3.63, 3.8) is 0 Å². The van der Waals surface area contributed by atoms with E-state index in [-0.39, 0.29) is 18.9 Å². The first kappa shape index (κ1) is 15.2. The van der Waals surface area contributed by atoms with Crippen LogP contribution in [0.4, 0.5) is 0 Å². The molecule has 2 N–H and O–H groups in total. The summed E-state index contributed by atoms with van der Waals surface area (Å²) in [6.07, 6.45) is 0.119. The van der Waals surface area contributed by atoms with E-state index in [0.717, 1.165) is 12.0 Å². The molecule has 5 heteroatoms. The second-order valence-electron chi connectivity index (χ2n) is 4.18. The maximum absolute atomic E-state index is 12.0. The SMILES string of the molecule is CCc1ccccc1C(=O)NCC(CC(=O)O)OC. The third kappa shape index (κ3) is 4.71. The van der Waals surface area contributed by atoms with Crippen molar-refractivity contribution < 1.29 is 19.4 Å². The Morgan fingerprint density at radius 2 is 2.05 bits per heavy atom. The topological polar surface area (TPSA) is 75.6 Å². The summed E-state index contributed by atoms with van der Waals surface area (Å²) >= 11 is 0. The van der Waals surface area contributed by atoms with Crippen molar-refractivity contribution in [2.75, 3.05) is 13.7 Å². The number of carbonyl (C=O) groups excluding carboxylic acids is 1. The molecule has 0 saturated carbocycles. The molecule has 104 valence electrons. The number of hydrogen-bond acceptors (Lipinski definition) is 3. The summed E-state index contributed by atoms with van der Waals surface area (Å²) < 4.78 is 5.01. The summed E-state index contributed by atoms with van der Waals surface area (Å²) in [6.45, 7) is 2.16. The molecule has 0 spiro atoms. The number of carboxylic acid groups (broad SMARTS) is 1. The van der Waals surface area contributed by atoms with E-state index >= 15 is 0 Å². The van der Waals surface area contributed by atoms with Gasteiger partial charge in [-0.05, 0) is 18.1 Å². The Morgan fingerprint density at radius 3 is 2.63 bits per heavy atom. The molecule has 1 amide bonds. The van der Waals surface area contributed by atoms with Gasteiger partial charge in [0.25, 0.3) is 5.91 Å². The number of methoxy groups -OCH3 is 1. The van der Waals surface area contributed by atoms with Crippen LogP contribution in [0.1, 0.15) is 29.3 Å². The average Bonchev–Trinajstić information content (AvgIpc) is 2.42. The van der Waals surface area contributed by atoms with Gasteiger partial charge in [-0.2, -0.15) is 0 Å². The lowest BCUT2D eigenvalue weighted by atomic mass is 10.0. The minimum atomic E-state index is -0.949. The predicted octanol–water partition coefficient (Wildman–Crippen LogP) is 1.47. The van der Waals surface area contributed by atoms with Crippen molar-refractivity contribution >= 4 is 11.9 Å². The van der Waals surface area contributed by atoms with E-state index in [0.29, 0.717) is 5.56 Å². The molecule has 0 saturated heterocycles. The smallest absolute Gasteiger partial charge is 0.306 e. The lowest BCUT2D eigenvalue weighted by Crippen LogP contribution is -2.34. The second kappa shape index (κ2) is 7.53. The molecule has 1 aromatic carbocycles. The maximum Gasteiger partial charge on any atom is 0.306 e. The van der Waals surface area contributed by atoms with Crippen molar-refractivity contribution in [2.45, 2.75) is 25.9 Å². The van der Waals surface area contributed by atoms with Gasteiger partial charge in [0, 0.05) is 19.2 Å². The Labute approximate surface area is 112 Å². The monoisotopic (exact) mass is 265 g/mol. The Bertz CT molecular complexity index is 445. The number of amides is 1. The Hall–Kier alpha value is -1.88. The fraction of sp³-hybridized carbons (Fsp3) is 0.429. The zero-order valence-corrected chi connectivity index (χ0v) is 11.2. The molecule has 1 aromatic rings. The molecule has 0 aliphatic rings. The third-order valence-electron chi connectivity index (χ3n) is 2.87. The number of carboxylic acids is 1. The molecule has 0 radical (unpaired) electrons. The van der Waals surface area contributed by atoms with Gasteiger partial charge in [0.15, 0.2) is 0 Å². The summed E-state index contributed by atoms with van der Waals surface area (Å²) in [5.74, 6) is -1.15. The zero-order chi connectivity index (χ0) is 14.3. The summed E-state index contributed by atoms with van der Waals surface area (Å²) in [5.41, 5.74) is 1.59. The minimum absolute atomic E-state index is 0.133. The van der Waals surface area contributed by atoms with Crippen LogP contribution in [0.25, 0.3) is 0 Å². The number of aryl methyl sites for hydroxylation is 1. The van der Waals surface area contributed by atoms with E-state index in [9.17, 15) is 9.59 Å². The van der Waals surface area contributed by atoms with E-state index in [2.05, 4.69) is 5.32 Å². The maximum atomic E-state index is 12.0. The highest BCUT2D eigenvalue weighted by atomic mass is 16.5. The zero-order valence-electron chi connectivity index (χ0n) is 11.2. The van der Waals surface area contributed by atoms with Crippen LogP contribution in [-0.2, 0) is 16.0 Å². The number of benzene rings is 1. The first-order chi connectivity index (χ1) is 9.08. The van der Waals surface area contributed by atoms with Gasteiger partial charge in [-0.1, -0.05) is 25.1 Å². The van der Waals surface area contributed by atoms with Crippen molar-refractivity contribution in [3.8, 4) is 0 Å². The largest absolute Gasteiger partial charge is 0.481 e. The molecule has 0 aromatic heterocycles. The number of aliphatic carboxylic acids is 1. The molecular formula is C14H19NO4. The first-order valence-electron chi connectivity index (χ1n) is 6.19. The van der Waals surface area contributed by atoms with Gasteiger partial charge in [0.05, 0.1) is 12.5 Å². The van der Waals surface area contributed by atoms with Gasteiger partial charge in [-0.25, -0.2) is 0 Å². The van der Waals surface area contributed by atoms with Gasteiger partial charge < -0.3 is 15.2 Å². The summed E-state index contributed by atoms with van der Waals surface area (Å²) in [7, 11) is 1.43. The standard InChI is InChI=1S/C14H19NO4/c1-3-10-6-4-5-7-12(10)14(18)15-9-11(19-2)8-13(16)17/h4-7,11H,3,8-9H2,1-2H3,(H,15,18)(H,16,17). The highest BCUT2D eigenvalue weighted by Gasteiger charge is 2.15. The molecule has 0 bridgehead atoms. The van der Waals surface area contributed by atoms with Crippen molar-refractivity contribution in [3.05, 3.63) is 35.4 Å². The molecule has 0 heterocycles. The number of rotatable bonds is 7. The molecular weight excluding hydrogens is 246 g/mol. The molecule has 1 atom stereocenters. The van der Waals surface area contributed by atoms with E-state index in [1.54, 1.807) is 12.1 Å². The van der Waals surface area contributed by atoms with Gasteiger partial charge in [0.1, 0.15) is 0 Å². The molecule has 0 fully saturated rings. The molecule has 19 heavy (non-hydrogen) atoms. The minimum Gasteiger partial charge on any atom is -0.481 e.